The fraction of sp³-hybridized carbons (Fsp3) is 0.353. The normalized spacial score (nSPS) is 12.2. The molecule has 0 saturated heterocycles. The summed E-state index contributed by atoms with van der Waals surface area (Å²) in [5.74, 6) is 1.17. The van der Waals surface area contributed by atoms with Crippen molar-refractivity contribution in [3.8, 4) is 5.75 Å². The average Bonchev–Trinajstić information content (AvgIpc) is 2.47. The molecular weight excluding hydrogens is 328 g/mol. The highest BCUT2D eigenvalue weighted by molar-refractivity contribution is 9.10. The molecule has 0 spiro atoms. The first-order chi connectivity index (χ1) is 10.1. The summed E-state index contributed by atoms with van der Waals surface area (Å²) in [5, 5.41) is 0. The van der Waals surface area contributed by atoms with Crippen molar-refractivity contribution in [1.82, 2.24) is 4.98 Å². The van der Waals surface area contributed by atoms with Gasteiger partial charge in [0.05, 0.1) is 7.11 Å². The van der Waals surface area contributed by atoms with Crippen LogP contribution in [-0.4, -0.2) is 18.6 Å². The Bertz CT molecular complexity index is 628. The third-order valence-electron chi connectivity index (χ3n) is 3.79. The Labute approximate surface area is 134 Å². The van der Waals surface area contributed by atoms with Crippen LogP contribution in [0.3, 0.4) is 0 Å². The van der Waals surface area contributed by atoms with Crippen LogP contribution in [0.2, 0.25) is 0 Å². The van der Waals surface area contributed by atoms with Gasteiger partial charge in [-0.2, -0.15) is 0 Å². The fourth-order valence-electron chi connectivity index (χ4n) is 2.61. The van der Waals surface area contributed by atoms with E-state index >= 15 is 0 Å². The van der Waals surface area contributed by atoms with Gasteiger partial charge in [0.1, 0.15) is 5.75 Å². The van der Waals surface area contributed by atoms with Gasteiger partial charge in [0.2, 0.25) is 0 Å². The minimum Gasteiger partial charge on any atom is -0.496 e. The summed E-state index contributed by atoms with van der Waals surface area (Å²) < 4.78 is 6.55. The van der Waals surface area contributed by atoms with Crippen molar-refractivity contribution in [2.24, 2.45) is 5.73 Å². The Kier molecular flexibility index (Phi) is 5.37. The molecule has 4 heteroatoms. The predicted octanol–water partition coefficient (Wildman–Crippen LogP) is 3.75. The zero-order chi connectivity index (χ0) is 15.4. The number of nitrogens with zero attached hydrogens (tertiary/aromatic N) is 1. The lowest BCUT2D eigenvalue weighted by atomic mass is 9.92. The minimum absolute atomic E-state index is 0.251. The molecule has 0 radical (unpaired) electrons. The molecule has 2 rings (SSSR count). The number of rotatable bonds is 5. The second-order valence-electron chi connectivity index (χ2n) is 5.24. The van der Waals surface area contributed by atoms with E-state index in [0.29, 0.717) is 6.54 Å². The summed E-state index contributed by atoms with van der Waals surface area (Å²) in [6, 6.07) is 8.30. The molecule has 3 nitrogen and oxygen atoms in total. The number of aromatic nitrogens is 1. The SMILES string of the molecule is COc1c(C)cnc(CC(CN)c2cccc(Br)c2)c1C. The Morgan fingerprint density at radius 1 is 1.33 bits per heavy atom. The van der Waals surface area contributed by atoms with Gasteiger partial charge >= 0.3 is 0 Å². The van der Waals surface area contributed by atoms with Gasteiger partial charge < -0.3 is 10.5 Å². The maximum atomic E-state index is 5.98. The van der Waals surface area contributed by atoms with Crippen molar-refractivity contribution >= 4 is 15.9 Å². The van der Waals surface area contributed by atoms with Crippen LogP contribution in [0.5, 0.6) is 5.75 Å². The lowest BCUT2D eigenvalue weighted by Crippen LogP contribution is -2.16. The van der Waals surface area contributed by atoms with E-state index in [-0.39, 0.29) is 5.92 Å². The molecule has 0 bridgehead atoms. The molecule has 1 atom stereocenters. The van der Waals surface area contributed by atoms with E-state index in [1.807, 2.05) is 25.3 Å². The van der Waals surface area contributed by atoms with Crippen molar-refractivity contribution in [2.75, 3.05) is 13.7 Å². The molecular formula is C17H21BrN2O. The van der Waals surface area contributed by atoms with Crippen LogP contribution in [0.4, 0.5) is 0 Å². The average molecular weight is 349 g/mol. The van der Waals surface area contributed by atoms with E-state index in [4.69, 9.17) is 10.5 Å². The number of hydrogen-bond donors (Lipinski definition) is 1. The van der Waals surface area contributed by atoms with E-state index in [9.17, 15) is 0 Å². The van der Waals surface area contributed by atoms with Gasteiger partial charge in [-0.05, 0) is 44.5 Å². The molecule has 0 amide bonds. The molecule has 0 fully saturated rings. The van der Waals surface area contributed by atoms with Crippen LogP contribution < -0.4 is 10.5 Å². The Hall–Kier alpha value is -1.39. The van der Waals surface area contributed by atoms with Crippen molar-refractivity contribution in [3.05, 3.63) is 57.3 Å². The number of benzene rings is 1. The number of halogens is 1. The lowest BCUT2D eigenvalue weighted by Gasteiger charge is -2.18. The Morgan fingerprint density at radius 2 is 2.10 bits per heavy atom. The zero-order valence-corrected chi connectivity index (χ0v) is 14.3. The summed E-state index contributed by atoms with van der Waals surface area (Å²) in [6.07, 6.45) is 2.69. The topological polar surface area (TPSA) is 48.1 Å². The molecule has 0 aliphatic heterocycles. The number of hydrogen-bond acceptors (Lipinski definition) is 3. The molecule has 0 aliphatic rings. The van der Waals surface area contributed by atoms with E-state index in [1.54, 1.807) is 7.11 Å². The molecule has 2 N–H and O–H groups in total. The first kappa shape index (κ1) is 16.0. The van der Waals surface area contributed by atoms with Crippen LogP contribution in [0.1, 0.15) is 28.3 Å². The summed E-state index contributed by atoms with van der Waals surface area (Å²) in [4.78, 5) is 4.57. The summed E-state index contributed by atoms with van der Waals surface area (Å²) in [6.45, 7) is 4.66. The molecule has 112 valence electrons. The van der Waals surface area contributed by atoms with Gasteiger partial charge in [-0.3, -0.25) is 4.98 Å². The summed E-state index contributed by atoms with van der Waals surface area (Å²) in [7, 11) is 1.70. The van der Waals surface area contributed by atoms with Crippen molar-refractivity contribution in [3.63, 3.8) is 0 Å². The summed E-state index contributed by atoms with van der Waals surface area (Å²) >= 11 is 3.52. The van der Waals surface area contributed by atoms with Gasteiger partial charge in [0.25, 0.3) is 0 Å². The smallest absolute Gasteiger partial charge is 0.128 e. The fourth-order valence-corrected chi connectivity index (χ4v) is 3.03. The molecule has 1 aromatic heterocycles. The van der Waals surface area contributed by atoms with E-state index in [1.165, 1.54) is 5.56 Å². The second-order valence-corrected chi connectivity index (χ2v) is 6.15. The first-order valence-electron chi connectivity index (χ1n) is 7.01. The van der Waals surface area contributed by atoms with Crippen LogP contribution in [0.15, 0.2) is 34.9 Å². The molecule has 1 aromatic carbocycles. The highest BCUT2D eigenvalue weighted by Gasteiger charge is 2.16. The van der Waals surface area contributed by atoms with Crippen LogP contribution in [-0.2, 0) is 6.42 Å². The van der Waals surface area contributed by atoms with Gasteiger partial charge in [0.15, 0.2) is 0 Å². The Balaban J connectivity index is 2.31. The monoisotopic (exact) mass is 348 g/mol. The number of ether oxygens (including phenoxy) is 1. The summed E-state index contributed by atoms with van der Waals surface area (Å²) in [5.41, 5.74) is 10.4. The number of nitrogens with two attached hydrogens (primary N) is 1. The zero-order valence-electron chi connectivity index (χ0n) is 12.7. The van der Waals surface area contributed by atoms with E-state index in [2.05, 4.69) is 40.0 Å². The largest absolute Gasteiger partial charge is 0.496 e. The third-order valence-corrected chi connectivity index (χ3v) is 4.29. The van der Waals surface area contributed by atoms with E-state index in [0.717, 1.165) is 33.5 Å². The second kappa shape index (κ2) is 7.05. The van der Waals surface area contributed by atoms with Gasteiger partial charge in [0, 0.05) is 33.4 Å². The Morgan fingerprint density at radius 3 is 2.71 bits per heavy atom. The van der Waals surface area contributed by atoms with Gasteiger partial charge in [-0.15, -0.1) is 0 Å². The molecule has 1 heterocycles. The maximum absolute atomic E-state index is 5.98. The predicted molar refractivity (Wildman–Crippen MR) is 89.9 cm³/mol. The highest BCUT2D eigenvalue weighted by atomic mass is 79.9. The van der Waals surface area contributed by atoms with Gasteiger partial charge in [-0.25, -0.2) is 0 Å². The standard InChI is InChI=1S/C17H21BrN2O/c1-11-10-20-16(12(2)17(11)21-3)8-14(9-19)13-5-4-6-15(18)7-13/h4-7,10,14H,8-9,19H2,1-3H3. The van der Waals surface area contributed by atoms with Crippen molar-refractivity contribution in [2.45, 2.75) is 26.2 Å². The maximum Gasteiger partial charge on any atom is 0.128 e. The van der Waals surface area contributed by atoms with Crippen molar-refractivity contribution in [1.29, 1.82) is 0 Å². The van der Waals surface area contributed by atoms with Crippen LogP contribution >= 0.6 is 15.9 Å². The molecule has 2 aromatic rings. The van der Waals surface area contributed by atoms with E-state index < -0.39 is 0 Å². The minimum atomic E-state index is 0.251. The number of pyridine rings is 1. The number of aryl methyl sites for hydroxylation is 1. The number of methoxy groups -OCH3 is 1. The first-order valence-corrected chi connectivity index (χ1v) is 7.80. The van der Waals surface area contributed by atoms with Gasteiger partial charge in [-0.1, -0.05) is 28.1 Å². The van der Waals surface area contributed by atoms with Crippen LogP contribution in [0, 0.1) is 13.8 Å². The lowest BCUT2D eigenvalue weighted by molar-refractivity contribution is 0.406. The highest BCUT2D eigenvalue weighted by Crippen LogP contribution is 2.28. The quantitative estimate of drug-likeness (QED) is 0.894. The van der Waals surface area contributed by atoms with Crippen molar-refractivity contribution < 1.29 is 4.74 Å². The molecule has 21 heavy (non-hydrogen) atoms. The molecule has 0 aliphatic carbocycles. The molecule has 0 saturated carbocycles. The molecule has 1 unspecified atom stereocenters. The third kappa shape index (κ3) is 3.63. The van der Waals surface area contributed by atoms with Crippen LogP contribution in [0.25, 0.3) is 0 Å².